The van der Waals surface area contributed by atoms with Crippen molar-refractivity contribution in [1.82, 2.24) is 0 Å². The Balaban J connectivity index is 1.97. The number of ketones is 1. The van der Waals surface area contributed by atoms with Crippen LogP contribution in [0.4, 0.5) is 5.69 Å². The maximum atomic E-state index is 13.0. The predicted octanol–water partition coefficient (Wildman–Crippen LogP) is 4.22. The molecule has 0 radical (unpaired) electrons. The number of benzene rings is 2. The molecule has 1 fully saturated rings. The van der Waals surface area contributed by atoms with Gasteiger partial charge in [-0.05, 0) is 31.2 Å². The second-order valence-electron chi connectivity index (χ2n) is 6.66. The quantitative estimate of drug-likeness (QED) is 0.410. The van der Waals surface area contributed by atoms with E-state index in [0.717, 1.165) is 0 Å². The van der Waals surface area contributed by atoms with Gasteiger partial charge in [0.05, 0.1) is 18.4 Å². The molecule has 6 nitrogen and oxygen atoms in total. The molecule has 0 spiro atoms. The lowest BCUT2D eigenvalue weighted by Crippen LogP contribution is -2.29. The van der Waals surface area contributed by atoms with Gasteiger partial charge in [0.2, 0.25) is 0 Å². The van der Waals surface area contributed by atoms with Gasteiger partial charge >= 0.3 is 0 Å². The van der Waals surface area contributed by atoms with Crippen molar-refractivity contribution in [3.63, 3.8) is 0 Å². The molecule has 2 aromatic carbocycles. The van der Waals surface area contributed by atoms with Crippen LogP contribution in [0, 0.1) is 6.92 Å². The van der Waals surface area contributed by atoms with E-state index in [9.17, 15) is 14.7 Å². The second kappa shape index (κ2) is 7.31. The monoisotopic (exact) mass is 389 g/mol. The Hall–Kier alpha value is -3.80. The molecule has 4 rings (SSSR count). The van der Waals surface area contributed by atoms with Crippen LogP contribution in [0.25, 0.3) is 5.76 Å². The summed E-state index contributed by atoms with van der Waals surface area (Å²) in [6, 6.07) is 18.1. The first kappa shape index (κ1) is 18.6. The summed E-state index contributed by atoms with van der Waals surface area (Å²) < 4.78 is 11.2. The van der Waals surface area contributed by atoms with E-state index in [-0.39, 0.29) is 11.3 Å². The fraction of sp³-hybridized carbons (Fsp3) is 0.130. The SMILES string of the molecule is COc1ccccc1N1C(=O)C(=O)/C(=C(\O)c2ccccc2)C1c1ccc(C)o1. The number of para-hydroxylation sites is 2. The van der Waals surface area contributed by atoms with Crippen molar-refractivity contribution in [2.75, 3.05) is 12.0 Å². The smallest absolute Gasteiger partial charge is 0.300 e. The third kappa shape index (κ3) is 3.08. The summed E-state index contributed by atoms with van der Waals surface area (Å²) in [4.78, 5) is 27.4. The van der Waals surface area contributed by atoms with Crippen molar-refractivity contribution in [2.45, 2.75) is 13.0 Å². The van der Waals surface area contributed by atoms with Crippen molar-refractivity contribution < 1.29 is 23.8 Å². The molecule has 0 aliphatic carbocycles. The number of aliphatic hydroxyl groups excluding tert-OH is 1. The molecule has 1 unspecified atom stereocenters. The predicted molar refractivity (Wildman–Crippen MR) is 108 cm³/mol. The molecular weight excluding hydrogens is 370 g/mol. The van der Waals surface area contributed by atoms with E-state index in [0.29, 0.717) is 28.5 Å². The van der Waals surface area contributed by atoms with Crippen LogP contribution in [0.1, 0.15) is 23.1 Å². The minimum atomic E-state index is -0.916. The summed E-state index contributed by atoms with van der Waals surface area (Å²) in [5.41, 5.74) is 0.837. The third-order valence-electron chi connectivity index (χ3n) is 4.87. The molecule has 1 saturated heterocycles. The number of ether oxygens (including phenoxy) is 1. The van der Waals surface area contributed by atoms with Gasteiger partial charge in [0.1, 0.15) is 29.1 Å². The van der Waals surface area contributed by atoms with Crippen LogP contribution in [0.5, 0.6) is 5.75 Å². The lowest BCUT2D eigenvalue weighted by Gasteiger charge is -2.25. The molecule has 146 valence electrons. The Morgan fingerprint density at radius 3 is 2.34 bits per heavy atom. The zero-order valence-electron chi connectivity index (χ0n) is 16.0. The third-order valence-corrected chi connectivity index (χ3v) is 4.87. The highest BCUT2D eigenvalue weighted by Gasteiger charge is 2.49. The van der Waals surface area contributed by atoms with Crippen LogP contribution in [0.3, 0.4) is 0 Å². The fourth-order valence-electron chi connectivity index (χ4n) is 3.53. The minimum absolute atomic E-state index is 0.0264. The van der Waals surface area contributed by atoms with Gasteiger partial charge in [-0.25, -0.2) is 0 Å². The molecule has 2 heterocycles. The maximum Gasteiger partial charge on any atom is 0.300 e. The molecular formula is C23H19NO5. The van der Waals surface area contributed by atoms with Crippen molar-refractivity contribution >= 4 is 23.1 Å². The lowest BCUT2D eigenvalue weighted by atomic mass is 9.99. The highest BCUT2D eigenvalue weighted by atomic mass is 16.5. The number of carbonyl (C=O) groups is 2. The van der Waals surface area contributed by atoms with Crippen molar-refractivity contribution in [3.05, 3.63) is 89.4 Å². The number of aliphatic hydroxyl groups is 1. The highest BCUT2D eigenvalue weighted by Crippen LogP contribution is 2.45. The molecule has 29 heavy (non-hydrogen) atoms. The standard InChI is InChI=1S/C23H19NO5/c1-14-12-13-18(29-14)20-19(21(25)15-8-4-3-5-9-15)22(26)23(27)24(20)16-10-6-7-11-17(16)28-2/h3-13,20,25H,1-2H3/b21-19-. The number of amides is 1. The number of Topliss-reactive ketones (excluding diaryl/α,β-unsaturated/α-hetero) is 1. The van der Waals surface area contributed by atoms with Crippen LogP contribution in [0.15, 0.2) is 76.7 Å². The van der Waals surface area contributed by atoms with Crippen LogP contribution >= 0.6 is 0 Å². The van der Waals surface area contributed by atoms with Gasteiger partial charge in [0.25, 0.3) is 11.7 Å². The van der Waals surface area contributed by atoms with Crippen molar-refractivity contribution in [3.8, 4) is 5.75 Å². The molecule has 1 N–H and O–H groups in total. The average molecular weight is 389 g/mol. The van der Waals surface area contributed by atoms with Gasteiger partial charge in [-0.2, -0.15) is 0 Å². The molecule has 1 atom stereocenters. The molecule has 1 aromatic heterocycles. The number of rotatable bonds is 4. The minimum Gasteiger partial charge on any atom is -0.507 e. The van der Waals surface area contributed by atoms with Crippen LogP contribution in [-0.2, 0) is 9.59 Å². The van der Waals surface area contributed by atoms with Gasteiger partial charge in [0.15, 0.2) is 0 Å². The van der Waals surface area contributed by atoms with Gasteiger partial charge in [-0.15, -0.1) is 0 Å². The number of methoxy groups -OCH3 is 1. The molecule has 6 heteroatoms. The summed E-state index contributed by atoms with van der Waals surface area (Å²) in [6.07, 6.45) is 0. The van der Waals surface area contributed by atoms with E-state index < -0.39 is 17.7 Å². The zero-order chi connectivity index (χ0) is 20.5. The second-order valence-corrected chi connectivity index (χ2v) is 6.66. The molecule has 1 aliphatic heterocycles. The fourth-order valence-corrected chi connectivity index (χ4v) is 3.53. The Labute approximate surface area is 167 Å². The Morgan fingerprint density at radius 1 is 1.00 bits per heavy atom. The summed E-state index contributed by atoms with van der Waals surface area (Å²) in [5.74, 6) is -0.347. The van der Waals surface area contributed by atoms with E-state index in [2.05, 4.69) is 0 Å². The van der Waals surface area contributed by atoms with Crippen LogP contribution in [-0.4, -0.2) is 23.9 Å². The molecule has 0 bridgehead atoms. The number of carbonyl (C=O) groups excluding carboxylic acids is 2. The normalized spacial score (nSPS) is 18.3. The summed E-state index contributed by atoms with van der Waals surface area (Å²) >= 11 is 0. The largest absolute Gasteiger partial charge is 0.507 e. The van der Waals surface area contributed by atoms with Crippen molar-refractivity contribution in [1.29, 1.82) is 0 Å². The van der Waals surface area contributed by atoms with Crippen LogP contribution < -0.4 is 9.64 Å². The number of furan rings is 1. The number of hydrogen-bond donors (Lipinski definition) is 1. The first-order valence-corrected chi connectivity index (χ1v) is 9.08. The van der Waals surface area contributed by atoms with Crippen molar-refractivity contribution in [2.24, 2.45) is 0 Å². The number of hydrogen-bond acceptors (Lipinski definition) is 5. The average Bonchev–Trinajstić information content (AvgIpc) is 3.29. The lowest BCUT2D eigenvalue weighted by molar-refractivity contribution is -0.132. The van der Waals surface area contributed by atoms with Gasteiger partial charge in [-0.3, -0.25) is 14.5 Å². The molecule has 0 saturated carbocycles. The van der Waals surface area contributed by atoms with Gasteiger partial charge < -0.3 is 14.3 Å². The first-order valence-electron chi connectivity index (χ1n) is 9.08. The molecule has 3 aromatic rings. The van der Waals surface area contributed by atoms with E-state index in [4.69, 9.17) is 9.15 Å². The van der Waals surface area contributed by atoms with E-state index >= 15 is 0 Å². The zero-order valence-corrected chi connectivity index (χ0v) is 16.0. The van der Waals surface area contributed by atoms with Gasteiger partial charge in [0, 0.05) is 5.56 Å². The molecule has 1 amide bonds. The van der Waals surface area contributed by atoms with E-state index in [1.54, 1.807) is 73.7 Å². The Kier molecular flexibility index (Phi) is 4.68. The summed E-state index contributed by atoms with van der Waals surface area (Å²) in [5, 5.41) is 10.9. The topological polar surface area (TPSA) is 80.0 Å². The molecule has 1 aliphatic rings. The number of aryl methyl sites for hydroxylation is 1. The Morgan fingerprint density at radius 2 is 1.69 bits per heavy atom. The summed E-state index contributed by atoms with van der Waals surface area (Å²) in [6.45, 7) is 1.77. The number of nitrogens with zero attached hydrogens (tertiary/aromatic N) is 1. The van der Waals surface area contributed by atoms with E-state index in [1.807, 2.05) is 0 Å². The summed E-state index contributed by atoms with van der Waals surface area (Å²) in [7, 11) is 1.49. The highest BCUT2D eigenvalue weighted by molar-refractivity contribution is 6.51. The number of anilines is 1. The van der Waals surface area contributed by atoms with E-state index in [1.165, 1.54) is 12.0 Å². The van der Waals surface area contributed by atoms with Gasteiger partial charge in [-0.1, -0.05) is 42.5 Å². The van der Waals surface area contributed by atoms with Crippen LogP contribution in [0.2, 0.25) is 0 Å². The maximum absolute atomic E-state index is 13.0. The first-order chi connectivity index (χ1) is 14.0. The Bertz CT molecular complexity index is 1110.